The Morgan fingerprint density at radius 2 is 1.57 bits per heavy atom. The van der Waals surface area contributed by atoms with Crippen LogP contribution >= 0.6 is 0 Å². The third kappa shape index (κ3) is 3.93. The van der Waals surface area contributed by atoms with E-state index in [2.05, 4.69) is 42.1 Å². The number of nitrogens with zero attached hydrogens (tertiary/aromatic N) is 5. The molecule has 3 aromatic carbocycles. The van der Waals surface area contributed by atoms with Crippen molar-refractivity contribution in [2.45, 2.75) is 0 Å². The third-order valence-electron chi connectivity index (χ3n) is 6.54. The summed E-state index contributed by atoms with van der Waals surface area (Å²) < 4.78 is 13.4. The van der Waals surface area contributed by atoms with E-state index in [1.165, 1.54) is 12.1 Å². The number of hydrogen-bond acceptors (Lipinski definition) is 6. The molecule has 0 spiro atoms. The molecule has 0 radical (unpaired) electrons. The number of benzene rings is 3. The first kappa shape index (κ1) is 21.1. The predicted octanol–water partition coefficient (Wildman–Crippen LogP) is 4.73. The average Bonchev–Trinajstić information content (AvgIpc) is 3.39. The topological polar surface area (TPSA) is 87.0 Å². The number of nitrogen functional groups attached to an aromatic ring is 1. The first-order valence-corrected chi connectivity index (χ1v) is 11.6. The Morgan fingerprint density at radius 3 is 2.37 bits per heavy atom. The van der Waals surface area contributed by atoms with Crippen LogP contribution in [-0.2, 0) is 0 Å². The molecule has 0 amide bonds. The van der Waals surface area contributed by atoms with Crippen LogP contribution in [0.25, 0.3) is 33.3 Å². The van der Waals surface area contributed by atoms with Crippen molar-refractivity contribution in [1.82, 2.24) is 20.2 Å². The summed E-state index contributed by atoms with van der Waals surface area (Å²) in [5.41, 5.74) is 12.5. The van der Waals surface area contributed by atoms with E-state index in [0.29, 0.717) is 0 Å². The molecular weight excluding hydrogens is 441 g/mol. The van der Waals surface area contributed by atoms with Crippen molar-refractivity contribution < 1.29 is 4.39 Å². The fourth-order valence-corrected chi connectivity index (χ4v) is 4.74. The molecule has 1 saturated heterocycles. The largest absolute Gasteiger partial charge is 0.397 e. The third-order valence-corrected chi connectivity index (χ3v) is 6.54. The Kier molecular flexibility index (Phi) is 5.25. The molecule has 1 aliphatic rings. The highest BCUT2D eigenvalue weighted by molar-refractivity contribution is 5.94. The molecule has 0 aliphatic carbocycles. The van der Waals surface area contributed by atoms with Crippen LogP contribution in [0.15, 0.2) is 79.3 Å². The highest BCUT2D eigenvalue weighted by Gasteiger charge is 2.22. The molecular formula is C27H24FN7. The molecule has 8 heteroatoms. The van der Waals surface area contributed by atoms with Gasteiger partial charge in [0.15, 0.2) is 0 Å². The van der Waals surface area contributed by atoms with Gasteiger partial charge in [0, 0.05) is 48.9 Å². The summed E-state index contributed by atoms with van der Waals surface area (Å²) in [7, 11) is 0. The number of fused-ring (bicyclic) bond motifs is 1. The minimum Gasteiger partial charge on any atom is -0.397 e. The van der Waals surface area contributed by atoms with E-state index < -0.39 is 0 Å². The van der Waals surface area contributed by atoms with Crippen molar-refractivity contribution in [2.75, 3.05) is 41.7 Å². The SMILES string of the molecule is Nc1ccccc1N1CCN(c2ncnc3ccc(-c4c[nH]nc4-c4ccc(F)cc4)cc23)CC1. The van der Waals surface area contributed by atoms with E-state index in [1.807, 2.05) is 36.5 Å². The van der Waals surface area contributed by atoms with Crippen LogP contribution in [0.2, 0.25) is 0 Å². The second-order valence-electron chi connectivity index (χ2n) is 8.62. The Morgan fingerprint density at radius 1 is 0.829 bits per heavy atom. The molecule has 0 saturated carbocycles. The smallest absolute Gasteiger partial charge is 0.140 e. The van der Waals surface area contributed by atoms with Gasteiger partial charge in [-0.25, -0.2) is 14.4 Å². The summed E-state index contributed by atoms with van der Waals surface area (Å²) in [6, 6.07) is 20.5. The molecule has 1 aliphatic heterocycles. The summed E-state index contributed by atoms with van der Waals surface area (Å²) >= 11 is 0. The summed E-state index contributed by atoms with van der Waals surface area (Å²) in [5.74, 6) is 0.651. The number of rotatable bonds is 4. The molecule has 6 rings (SSSR count). The first-order chi connectivity index (χ1) is 17.2. The van der Waals surface area contributed by atoms with Gasteiger partial charge < -0.3 is 15.5 Å². The number of hydrogen-bond donors (Lipinski definition) is 2. The molecule has 0 unspecified atom stereocenters. The van der Waals surface area contributed by atoms with Crippen LogP contribution in [0.5, 0.6) is 0 Å². The van der Waals surface area contributed by atoms with Crippen molar-refractivity contribution in [3.63, 3.8) is 0 Å². The van der Waals surface area contributed by atoms with Gasteiger partial charge in [0.1, 0.15) is 18.0 Å². The monoisotopic (exact) mass is 465 g/mol. The number of nitrogens with one attached hydrogen (secondary N) is 1. The molecule has 5 aromatic rings. The van der Waals surface area contributed by atoms with Crippen molar-refractivity contribution in [1.29, 1.82) is 0 Å². The Hall–Kier alpha value is -4.46. The molecule has 35 heavy (non-hydrogen) atoms. The van der Waals surface area contributed by atoms with Crippen molar-refractivity contribution in [3.05, 3.63) is 85.1 Å². The normalized spacial score (nSPS) is 14.0. The average molecular weight is 466 g/mol. The highest BCUT2D eigenvalue weighted by Crippen LogP contribution is 2.34. The van der Waals surface area contributed by atoms with Gasteiger partial charge in [-0.05, 0) is 54.1 Å². The number of anilines is 3. The van der Waals surface area contributed by atoms with E-state index in [9.17, 15) is 4.39 Å². The molecule has 0 bridgehead atoms. The van der Waals surface area contributed by atoms with Crippen molar-refractivity contribution >= 4 is 28.1 Å². The van der Waals surface area contributed by atoms with E-state index in [4.69, 9.17) is 5.73 Å². The van der Waals surface area contributed by atoms with Crippen molar-refractivity contribution in [3.8, 4) is 22.4 Å². The maximum atomic E-state index is 13.4. The van der Waals surface area contributed by atoms with Gasteiger partial charge in [-0.1, -0.05) is 18.2 Å². The van der Waals surface area contributed by atoms with Crippen LogP contribution in [0.3, 0.4) is 0 Å². The molecule has 7 nitrogen and oxygen atoms in total. The fourth-order valence-electron chi connectivity index (χ4n) is 4.74. The van der Waals surface area contributed by atoms with Gasteiger partial charge in [0.05, 0.1) is 22.6 Å². The van der Waals surface area contributed by atoms with Crippen LogP contribution in [-0.4, -0.2) is 46.3 Å². The van der Waals surface area contributed by atoms with E-state index in [-0.39, 0.29) is 5.82 Å². The van der Waals surface area contributed by atoms with Crippen molar-refractivity contribution in [2.24, 2.45) is 0 Å². The van der Waals surface area contributed by atoms with E-state index in [1.54, 1.807) is 18.5 Å². The van der Waals surface area contributed by atoms with Crippen LogP contribution < -0.4 is 15.5 Å². The van der Waals surface area contributed by atoms with Crippen LogP contribution in [0.1, 0.15) is 0 Å². The lowest BCUT2D eigenvalue weighted by Crippen LogP contribution is -2.47. The Balaban J connectivity index is 1.32. The zero-order chi connectivity index (χ0) is 23.8. The Labute approximate surface area is 202 Å². The number of H-pyrrole nitrogens is 1. The first-order valence-electron chi connectivity index (χ1n) is 11.6. The Bertz CT molecular complexity index is 1490. The lowest BCUT2D eigenvalue weighted by Gasteiger charge is -2.37. The maximum Gasteiger partial charge on any atom is 0.140 e. The zero-order valence-electron chi connectivity index (χ0n) is 19.0. The standard InChI is InChI=1S/C27H24FN7/c28-20-8-5-18(6-9-20)26-22(16-32-33-26)19-7-10-24-21(15-19)27(31-17-30-24)35-13-11-34(12-14-35)25-4-2-1-3-23(25)29/h1-10,15-17H,11-14,29H2,(H,32,33). The molecule has 174 valence electrons. The molecule has 3 N–H and O–H groups in total. The molecule has 3 heterocycles. The number of aromatic nitrogens is 4. The van der Waals surface area contributed by atoms with Crippen LogP contribution in [0.4, 0.5) is 21.6 Å². The van der Waals surface area contributed by atoms with Gasteiger partial charge >= 0.3 is 0 Å². The minimum atomic E-state index is -0.270. The van der Waals surface area contributed by atoms with Gasteiger partial charge in [-0.3, -0.25) is 5.10 Å². The summed E-state index contributed by atoms with van der Waals surface area (Å²) in [4.78, 5) is 13.8. The summed E-state index contributed by atoms with van der Waals surface area (Å²) in [5, 5.41) is 8.37. The second-order valence-corrected chi connectivity index (χ2v) is 8.62. The minimum absolute atomic E-state index is 0.270. The second kappa shape index (κ2) is 8.72. The number of nitrogens with two attached hydrogens (primary N) is 1. The lowest BCUT2D eigenvalue weighted by molar-refractivity contribution is 0.628. The van der Waals surface area contributed by atoms with Gasteiger partial charge in [0.25, 0.3) is 0 Å². The number of piperazine rings is 1. The van der Waals surface area contributed by atoms with Gasteiger partial charge in [0.2, 0.25) is 0 Å². The van der Waals surface area contributed by atoms with Gasteiger partial charge in [-0.15, -0.1) is 0 Å². The number of aromatic amines is 1. The lowest BCUT2D eigenvalue weighted by atomic mass is 10.00. The number of para-hydroxylation sites is 2. The van der Waals surface area contributed by atoms with Gasteiger partial charge in [-0.2, -0.15) is 5.10 Å². The quantitative estimate of drug-likeness (QED) is 0.373. The molecule has 2 aromatic heterocycles. The van der Waals surface area contributed by atoms with Crippen LogP contribution in [0, 0.1) is 5.82 Å². The summed E-state index contributed by atoms with van der Waals surface area (Å²) in [6.07, 6.45) is 3.49. The molecule has 1 fully saturated rings. The van der Waals surface area contributed by atoms with E-state index >= 15 is 0 Å². The zero-order valence-corrected chi connectivity index (χ0v) is 19.0. The number of halogens is 1. The molecule has 0 atom stereocenters. The predicted molar refractivity (Wildman–Crippen MR) is 138 cm³/mol. The summed E-state index contributed by atoms with van der Waals surface area (Å²) in [6.45, 7) is 3.38. The van der Waals surface area contributed by atoms with E-state index in [0.717, 1.165) is 76.7 Å². The highest BCUT2D eigenvalue weighted by atomic mass is 19.1. The fraction of sp³-hybridized carbons (Fsp3) is 0.148. The maximum absolute atomic E-state index is 13.4.